The molecule has 0 unspecified atom stereocenters. The molecule has 2 N–H and O–H groups in total. The van der Waals surface area contributed by atoms with Crippen LogP contribution in [-0.2, 0) is 9.59 Å². The van der Waals surface area contributed by atoms with Gasteiger partial charge in [-0.05, 0) is 12.1 Å². The van der Waals surface area contributed by atoms with Crippen molar-refractivity contribution in [1.82, 2.24) is 0 Å². The summed E-state index contributed by atoms with van der Waals surface area (Å²) >= 11 is 0. The van der Waals surface area contributed by atoms with Crippen molar-refractivity contribution < 1.29 is 19.5 Å². The van der Waals surface area contributed by atoms with Crippen LogP contribution >= 0.6 is 0 Å². The fourth-order valence-corrected chi connectivity index (χ4v) is 1.19. The normalized spacial score (nSPS) is 9.65. The monoisotopic (exact) mass is 239 g/mol. The molecule has 0 saturated carbocycles. The summed E-state index contributed by atoms with van der Waals surface area (Å²) in [5, 5.41) is 21.7. The van der Waals surface area contributed by atoms with Crippen LogP contribution in [0.3, 0.4) is 0 Å². The Balaban J connectivity index is 3.07. The number of nitrogens with one attached hydrogen (secondary N) is 1. The molecule has 0 atom stereocenters. The van der Waals surface area contributed by atoms with Crippen LogP contribution in [0.5, 0.6) is 5.75 Å². The molecule has 0 aliphatic heterocycles. The lowest BCUT2D eigenvalue weighted by Crippen LogP contribution is -2.14. The second-order valence-electron chi connectivity index (χ2n) is 3.23. The average molecular weight is 239 g/mol. The molecule has 17 heavy (non-hydrogen) atoms. The van der Waals surface area contributed by atoms with E-state index in [1.807, 2.05) is 0 Å². The van der Waals surface area contributed by atoms with Crippen LogP contribution in [0.1, 0.15) is 13.8 Å². The first-order valence-electron chi connectivity index (χ1n) is 4.66. The number of esters is 1. The molecule has 92 valence electrons. The number of hydrogen-bond donors (Lipinski definition) is 2. The number of anilines is 2. The van der Waals surface area contributed by atoms with Gasteiger partial charge in [-0.2, -0.15) is 0 Å². The molecule has 0 aliphatic carbocycles. The third-order valence-electron chi connectivity index (χ3n) is 1.75. The summed E-state index contributed by atoms with van der Waals surface area (Å²) in [6.07, 6.45) is 0. The second-order valence-corrected chi connectivity index (χ2v) is 3.23. The van der Waals surface area contributed by atoms with Crippen molar-refractivity contribution in [1.29, 1.82) is 0 Å². The molecule has 0 fully saturated rings. The van der Waals surface area contributed by atoms with Crippen molar-refractivity contribution in [3.63, 3.8) is 0 Å². The maximum atomic E-state index is 10.9. The van der Waals surface area contributed by atoms with Gasteiger partial charge in [-0.3, -0.25) is 14.8 Å². The van der Waals surface area contributed by atoms with Crippen LogP contribution in [0.2, 0.25) is 0 Å². The quantitative estimate of drug-likeness (QED) is 0.467. The maximum Gasteiger partial charge on any atom is 0.308 e. The van der Waals surface area contributed by atoms with E-state index in [2.05, 4.69) is 5.32 Å². The number of hydrogen-bond acceptors (Lipinski definition) is 6. The average Bonchev–Trinajstić information content (AvgIpc) is 2.18. The number of ether oxygens (including phenoxy) is 1. The van der Waals surface area contributed by atoms with E-state index in [4.69, 9.17) is 9.94 Å². The largest absolute Gasteiger partial charge is 0.733 e. The predicted molar refractivity (Wildman–Crippen MR) is 59.7 cm³/mol. The Morgan fingerprint density at radius 2 is 2.06 bits per heavy atom. The van der Waals surface area contributed by atoms with Gasteiger partial charge in [0.2, 0.25) is 5.91 Å². The maximum absolute atomic E-state index is 10.9. The molecule has 0 aromatic heterocycles. The Labute approximate surface area is 97.1 Å². The van der Waals surface area contributed by atoms with E-state index in [-0.39, 0.29) is 17.1 Å². The van der Waals surface area contributed by atoms with E-state index in [1.165, 1.54) is 26.0 Å². The van der Waals surface area contributed by atoms with E-state index in [0.29, 0.717) is 0 Å². The van der Waals surface area contributed by atoms with Crippen molar-refractivity contribution >= 4 is 23.3 Å². The van der Waals surface area contributed by atoms with Gasteiger partial charge < -0.3 is 20.5 Å². The third kappa shape index (κ3) is 3.74. The first kappa shape index (κ1) is 12.9. The Hall–Kier alpha value is -2.12. The van der Waals surface area contributed by atoms with E-state index in [1.54, 1.807) is 0 Å². The number of amides is 1. The summed E-state index contributed by atoms with van der Waals surface area (Å²) in [5.74, 6) is -0.858. The summed E-state index contributed by atoms with van der Waals surface area (Å²) in [7, 11) is 0. The Morgan fingerprint density at radius 3 is 2.53 bits per heavy atom. The van der Waals surface area contributed by atoms with Gasteiger partial charge >= 0.3 is 5.97 Å². The number of benzene rings is 1. The lowest BCUT2D eigenvalue weighted by atomic mass is 10.2. The van der Waals surface area contributed by atoms with Gasteiger partial charge in [0.1, 0.15) is 5.75 Å². The first-order valence-corrected chi connectivity index (χ1v) is 4.66. The smallest absolute Gasteiger partial charge is 0.308 e. The minimum Gasteiger partial charge on any atom is -0.733 e. The summed E-state index contributed by atoms with van der Waals surface area (Å²) < 4.78 is 4.74. The van der Waals surface area contributed by atoms with Crippen molar-refractivity contribution in [2.24, 2.45) is 0 Å². The van der Waals surface area contributed by atoms with Crippen molar-refractivity contribution in [3.05, 3.63) is 23.4 Å². The Morgan fingerprint density at radius 1 is 1.41 bits per heavy atom. The molecule has 0 spiro atoms. The van der Waals surface area contributed by atoms with Crippen LogP contribution in [0.4, 0.5) is 11.4 Å². The lowest BCUT2D eigenvalue weighted by molar-refractivity contribution is -0.131. The van der Waals surface area contributed by atoms with Gasteiger partial charge in [0.05, 0.1) is 11.4 Å². The molecule has 1 amide bonds. The number of carbonyl (C=O) groups is 2. The topological polar surface area (TPSA) is 102 Å². The van der Waals surface area contributed by atoms with Gasteiger partial charge in [0.25, 0.3) is 0 Å². The molecule has 0 aliphatic rings. The van der Waals surface area contributed by atoms with Crippen molar-refractivity contribution in [3.8, 4) is 5.75 Å². The van der Waals surface area contributed by atoms with Crippen LogP contribution in [-0.4, -0.2) is 17.1 Å². The molecule has 7 nitrogen and oxygen atoms in total. The van der Waals surface area contributed by atoms with Gasteiger partial charge in [0, 0.05) is 19.9 Å². The fourth-order valence-electron chi connectivity index (χ4n) is 1.19. The van der Waals surface area contributed by atoms with Crippen LogP contribution in [0.25, 0.3) is 0 Å². The van der Waals surface area contributed by atoms with E-state index >= 15 is 0 Å². The SMILES string of the molecule is CC(=O)Nc1ccc(OC(C)=O)cc1N([O-])O. The third-order valence-corrected chi connectivity index (χ3v) is 1.75. The summed E-state index contributed by atoms with van der Waals surface area (Å²) in [5.41, 5.74) is -0.107. The highest BCUT2D eigenvalue weighted by molar-refractivity contribution is 5.93. The minimum atomic E-state index is -0.557. The molecule has 0 saturated heterocycles. The van der Waals surface area contributed by atoms with Crippen LogP contribution in [0, 0.1) is 5.21 Å². The highest BCUT2D eigenvalue weighted by atomic mass is 16.8. The highest BCUT2D eigenvalue weighted by Crippen LogP contribution is 2.29. The van der Waals surface area contributed by atoms with Gasteiger partial charge in [-0.15, -0.1) is 0 Å². The summed E-state index contributed by atoms with van der Waals surface area (Å²) in [4.78, 5) is 21.6. The predicted octanol–water partition coefficient (Wildman–Crippen LogP) is 1.26. The highest BCUT2D eigenvalue weighted by Gasteiger charge is 2.08. The van der Waals surface area contributed by atoms with Gasteiger partial charge in [-0.1, -0.05) is 0 Å². The van der Waals surface area contributed by atoms with Gasteiger partial charge in [0.15, 0.2) is 0 Å². The second kappa shape index (κ2) is 5.28. The van der Waals surface area contributed by atoms with E-state index in [0.717, 1.165) is 6.07 Å². The molecule has 0 radical (unpaired) electrons. The van der Waals surface area contributed by atoms with Crippen molar-refractivity contribution in [2.45, 2.75) is 13.8 Å². The van der Waals surface area contributed by atoms with Gasteiger partial charge in [-0.25, -0.2) is 0 Å². The van der Waals surface area contributed by atoms with Crippen LogP contribution < -0.4 is 15.3 Å². The zero-order valence-electron chi connectivity index (χ0n) is 9.26. The number of rotatable bonds is 3. The standard InChI is InChI=1S/C10H11N2O5/c1-6(13)11-9-4-3-8(17-7(2)14)5-10(9)12(15)16/h3-5,15H,1-2H3,(H,11,13)/q-1. The van der Waals surface area contributed by atoms with E-state index in [9.17, 15) is 14.8 Å². The molecule has 1 aromatic carbocycles. The summed E-state index contributed by atoms with van der Waals surface area (Å²) in [6, 6.07) is 3.87. The zero-order valence-corrected chi connectivity index (χ0v) is 9.26. The summed E-state index contributed by atoms with van der Waals surface area (Å²) in [6.45, 7) is 2.46. The van der Waals surface area contributed by atoms with E-state index < -0.39 is 17.1 Å². The number of nitrogens with zero attached hydrogens (tertiary/aromatic N) is 1. The molecule has 0 heterocycles. The van der Waals surface area contributed by atoms with Crippen LogP contribution in [0.15, 0.2) is 18.2 Å². The Kier molecular flexibility index (Phi) is 4.02. The van der Waals surface area contributed by atoms with Crippen molar-refractivity contribution in [2.75, 3.05) is 10.5 Å². The first-order chi connectivity index (χ1) is 7.90. The molecule has 0 bridgehead atoms. The molecule has 1 aromatic rings. The minimum absolute atomic E-state index is 0.0940. The molecular formula is C10H11N2O5-. The molecule has 7 heteroatoms. The lowest BCUT2D eigenvalue weighted by Gasteiger charge is -2.24. The number of carbonyl (C=O) groups excluding carboxylic acids is 2. The molecular weight excluding hydrogens is 228 g/mol. The zero-order chi connectivity index (χ0) is 13.0. The molecule has 1 rings (SSSR count). The Bertz CT molecular complexity index is 444. The fraction of sp³-hybridized carbons (Fsp3) is 0.200.